The normalized spacial score (nSPS) is 25.0. The number of carbonyl (C=O) groups is 3. The van der Waals surface area contributed by atoms with Crippen LogP contribution in [0.15, 0.2) is 71.3 Å². The Balaban J connectivity index is 1.27. The maximum atomic E-state index is 15.5. The Bertz CT molecular complexity index is 1860. The zero-order valence-corrected chi connectivity index (χ0v) is 25.7. The standard InChI is InChI=1S/C36H33FN2O7/c1-19-14-25(37)23-15-22-16-24-29(39(2)3)32-28(35(38-46-32)45-18-21-12-8-5-9-13-21)34(42)36(24,43)33(41)26(22)30(40)27(23)31(19)44-17-20-10-6-4-7-11-20/h4-14,22,24,26,29,43H,15-18H2,1-3H3/t22-,24-,26?,29-,36-/m0/s1. The van der Waals surface area contributed by atoms with E-state index in [1.165, 1.54) is 6.07 Å². The van der Waals surface area contributed by atoms with E-state index in [0.717, 1.165) is 11.1 Å². The van der Waals surface area contributed by atoms with Crippen LogP contribution in [-0.2, 0) is 24.4 Å². The molecule has 5 atom stereocenters. The Morgan fingerprint density at radius 2 is 1.61 bits per heavy atom. The van der Waals surface area contributed by atoms with Gasteiger partial charge in [-0.3, -0.25) is 19.3 Å². The first-order chi connectivity index (χ1) is 22.1. The highest BCUT2D eigenvalue weighted by atomic mass is 19.1. The molecule has 0 amide bonds. The Morgan fingerprint density at radius 3 is 2.24 bits per heavy atom. The third kappa shape index (κ3) is 4.58. The van der Waals surface area contributed by atoms with Crippen LogP contribution in [0, 0.1) is 30.5 Å². The van der Waals surface area contributed by atoms with Crippen LogP contribution in [0.3, 0.4) is 0 Å². The van der Waals surface area contributed by atoms with E-state index < -0.39 is 52.6 Å². The molecule has 3 aromatic carbocycles. The number of aromatic nitrogens is 1. The summed E-state index contributed by atoms with van der Waals surface area (Å²) in [5, 5.41) is 16.3. The lowest BCUT2D eigenvalue weighted by Crippen LogP contribution is -2.66. The summed E-state index contributed by atoms with van der Waals surface area (Å²) in [7, 11) is 3.49. The fraction of sp³-hybridized carbons (Fsp3) is 0.333. The van der Waals surface area contributed by atoms with Gasteiger partial charge in [0.25, 0.3) is 5.88 Å². The summed E-state index contributed by atoms with van der Waals surface area (Å²) in [4.78, 5) is 44.8. The number of nitrogens with zero attached hydrogens (tertiary/aromatic N) is 2. The van der Waals surface area contributed by atoms with Gasteiger partial charge in [-0.05, 0) is 67.7 Å². The lowest BCUT2D eigenvalue weighted by atomic mass is 9.54. The van der Waals surface area contributed by atoms with Crippen molar-refractivity contribution in [2.75, 3.05) is 14.1 Å². The van der Waals surface area contributed by atoms with Crippen LogP contribution in [0.25, 0.3) is 0 Å². The van der Waals surface area contributed by atoms with Crippen molar-refractivity contribution in [3.63, 3.8) is 0 Å². The van der Waals surface area contributed by atoms with Gasteiger partial charge in [0.15, 0.2) is 22.9 Å². The second kappa shape index (κ2) is 11.3. The molecule has 0 radical (unpaired) electrons. The average Bonchev–Trinajstić information content (AvgIpc) is 3.46. The molecule has 7 rings (SSSR count). The summed E-state index contributed by atoms with van der Waals surface area (Å²) in [6.07, 6.45) is 0.168. The number of rotatable bonds is 7. The maximum Gasteiger partial charge on any atom is 0.265 e. The van der Waals surface area contributed by atoms with Crippen molar-refractivity contribution in [3.8, 4) is 11.6 Å². The molecule has 9 nitrogen and oxygen atoms in total. The maximum absolute atomic E-state index is 15.5. The van der Waals surface area contributed by atoms with Gasteiger partial charge in [-0.15, -0.1) is 0 Å². The largest absolute Gasteiger partial charge is 0.488 e. The van der Waals surface area contributed by atoms with Crippen molar-refractivity contribution in [1.82, 2.24) is 10.1 Å². The van der Waals surface area contributed by atoms with E-state index in [2.05, 4.69) is 5.16 Å². The summed E-state index contributed by atoms with van der Waals surface area (Å²) in [6.45, 7) is 1.85. The highest BCUT2D eigenvalue weighted by molar-refractivity contribution is 6.26. The van der Waals surface area contributed by atoms with Gasteiger partial charge in [0.2, 0.25) is 5.78 Å². The topological polar surface area (TPSA) is 119 Å². The van der Waals surface area contributed by atoms with E-state index in [9.17, 15) is 19.5 Å². The summed E-state index contributed by atoms with van der Waals surface area (Å²) < 4.78 is 33.2. The molecule has 236 valence electrons. The van der Waals surface area contributed by atoms with E-state index in [1.807, 2.05) is 60.7 Å². The molecule has 1 heterocycles. The van der Waals surface area contributed by atoms with Gasteiger partial charge in [-0.2, -0.15) is 0 Å². The quantitative estimate of drug-likeness (QED) is 0.281. The van der Waals surface area contributed by atoms with Crippen molar-refractivity contribution < 1.29 is 37.9 Å². The second-order valence-electron chi connectivity index (χ2n) is 12.7. The van der Waals surface area contributed by atoms with Crippen LogP contribution in [0.2, 0.25) is 0 Å². The number of aryl methyl sites for hydroxylation is 1. The predicted octanol–water partition coefficient (Wildman–Crippen LogP) is 5.07. The fourth-order valence-electron chi connectivity index (χ4n) is 7.52. The number of carbonyl (C=O) groups excluding carboxylic acids is 3. The molecule has 0 aliphatic heterocycles. The van der Waals surface area contributed by atoms with Gasteiger partial charge in [-0.1, -0.05) is 60.7 Å². The third-order valence-corrected chi connectivity index (χ3v) is 9.65. The van der Waals surface area contributed by atoms with Crippen molar-refractivity contribution in [2.24, 2.45) is 17.8 Å². The zero-order chi connectivity index (χ0) is 32.3. The van der Waals surface area contributed by atoms with E-state index >= 15 is 4.39 Å². The number of benzene rings is 3. The summed E-state index contributed by atoms with van der Waals surface area (Å²) in [6, 6.07) is 19.2. The number of ether oxygens (including phenoxy) is 2. The van der Waals surface area contributed by atoms with Crippen LogP contribution in [0.1, 0.15) is 61.2 Å². The van der Waals surface area contributed by atoms with Gasteiger partial charge in [0, 0.05) is 11.5 Å². The van der Waals surface area contributed by atoms with E-state index in [4.69, 9.17) is 14.0 Å². The molecule has 1 saturated carbocycles. The zero-order valence-electron chi connectivity index (χ0n) is 25.7. The van der Waals surface area contributed by atoms with Gasteiger partial charge in [-0.25, -0.2) is 4.39 Å². The Labute approximate surface area is 264 Å². The minimum absolute atomic E-state index is 0.00458. The van der Waals surface area contributed by atoms with Crippen molar-refractivity contribution in [3.05, 3.63) is 112 Å². The van der Waals surface area contributed by atoms with Crippen molar-refractivity contribution >= 4 is 17.3 Å². The molecule has 1 N–H and O–H groups in total. The van der Waals surface area contributed by atoms with E-state index in [0.29, 0.717) is 5.56 Å². The third-order valence-electron chi connectivity index (χ3n) is 9.65. The smallest absolute Gasteiger partial charge is 0.265 e. The molecule has 0 saturated heterocycles. The molecule has 0 spiro atoms. The van der Waals surface area contributed by atoms with Crippen LogP contribution in [0.4, 0.5) is 4.39 Å². The van der Waals surface area contributed by atoms with Gasteiger partial charge in [0.05, 0.1) is 17.5 Å². The minimum Gasteiger partial charge on any atom is -0.488 e. The number of hydrogen-bond donors (Lipinski definition) is 1. The molecule has 0 bridgehead atoms. The number of halogens is 1. The summed E-state index contributed by atoms with van der Waals surface area (Å²) in [5.41, 5.74) is -0.413. The first-order valence-electron chi connectivity index (χ1n) is 15.3. The second-order valence-corrected chi connectivity index (χ2v) is 12.7. The molecule has 1 aromatic heterocycles. The molecule has 3 aliphatic carbocycles. The van der Waals surface area contributed by atoms with Gasteiger partial charge >= 0.3 is 0 Å². The van der Waals surface area contributed by atoms with Crippen LogP contribution >= 0.6 is 0 Å². The highest BCUT2D eigenvalue weighted by Crippen LogP contribution is 2.55. The molecule has 4 aromatic rings. The van der Waals surface area contributed by atoms with Crippen LogP contribution < -0.4 is 9.47 Å². The molecule has 3 aliphatic rings. The first-order valence-corrected chi connectivity index (χ1v) is 15.3. The molecule has 46 heavy (non-hydrogen) atoms. The van der Waals surface area contributed by atoms with Gasteiger partial charge < -0.3 is 19.1 Å². The van der Waals surface area contributed by atoms with Crippen molar-refractivity contribution in [2.45, 2.75) is 44.6 Å². The van der Waals surface area contributed by atoms with E-state index in [1.54, 1.807) is 25.9 Å². The first kappa shape index (κ1) is 30.0. The molecular weight excluding hydrogens is 591 g/mol. The summed E-state index contributed by atoms with van der Waals surface area (Å²) in [5.74, 6) is -5.76. The highest BCUT2D eigenvalue weighted by Gasteiger charge is 2.67. The Morgan fingerprint density at radius 1 is 0.978 bits per heavy atom. The number of aliphatic hydroxyl groups is 1. The fourth-order valence-corrected chi connectivity index (χ4v) is 7.52. The predicted molar refractivity (Wildman–Crippen MR) is 163 cm³/mol. The molecule has 1 fully saturated rings. The monoisotopic (exact) mass is 624 g/mol. The SMILES string of the molecule is Cc1cc(F)c2c(c1OCc1ccccc1)C(=O)C1C(=O)[C@]3(O)C(=O)c4c(OCc5ccccc5)noc4[C@@H](N(C)C)[C@@H]3C[C@@H]1C2. The lowest BCUT2D eigenvalue weighted by molar-refractivity contribution is -0.153. The van der Waals surface area contributed by atoms with Crippen LogP contribution in [0.5, 0.6) is 11.6 Å². The van der Waals surface area contributed by atoms with Crippen molar-refractivity contribution in [1.29, 1.82) is 0 Å². The number of Topliss-reactive ketones (excluding diaryl/α,β-unsaturated/α-hetero) is 3. The van der Waals surface area contributed by atoms with E-state index in [-0.39, 0.29) is 60.1 Å². The molecular formula is C36H33FN2O7. The Hall–Kier alpha value is -4.67. The van der Waals surface area contributed by atoms with Crippen LogP contribution in [-0.4, -0.2) is 52.2 Å². The minimum atomic E-state index is -2.56. The summed E-state index contributed by atoms with van der Waals surface area (Å²) >= 11 is 0. The van der Waals surface area contributed by atoms with Gasteiger partial charge in [0.1, 0.15) is 30.3 Å². The lowest BCUT2D eigenvalue weighted by Gasteiger charge is -2.51. The number of hydrogen-bond acceptors (Lipinski definition) is 9. The molecule has 1 unspecified atom stereocenters. The number of ketones is 3. The Kier molecular flexibility index (Phi) is 7.37. The average molecular weight is 625 g/mol. The molecule has 10 heteroatoms. The number of fused-ring (bicyclic) bond motifs is 4.